The SMILES string of the molecule is CC(C)(C)CC(C)(C)CCC=CC(CC(C)(C)CC(C)(C)CC(=O)O)c1cc(O)n(CCOS(=O)(=O)O)c1O. The molecule has 0 aromatic carbocycles. The highest BCUT2D eigenvalue weighted by atomic mass is 32.3. The van der Waals surface area contributed by atoms with Gasteiger partial charge in [0.1, 0.15) is 0 Å². The molecule has 226 valence electrons. The normalized spacial score (nSPS) is 14.7. The number of rotatable bonds is 16. The summed E-state index contributed by atoms with van der Waals surface area (Å²) in [6.45, 7) is 18.6. The maximum Gasteiger partial charge on any atom is 0.397 e. The number of carbonyl (C=O) groups is 1. The minimum absolute atomic E-state index is 0.0377. The highest BCUT2D eigenvalue weighted by molar-refractivity contribution is 7.80. The van der Waals surface area contributed by atoms with Gasteiger partial charge >= 0.3 is 16.4 Å². The molecule has 0 aliphatic rings. The third-order valence-electron chi connectivity index (χ3n) is 6.75. The molecule has 1 atom stereocenters. The van der Waals surface area contributed by atoms with Gasteiger partial charge in [0.05, 0.1) is 19.6 Å². The molecule has 1 aromatic rings. The molecule has 0 amide bonds. The molecule has 4 N–H and O–H groups in total. The van der Waals surface area contributed by atoms with Crippen LogP contribution in [0.25, 0.3) is 0 Å². The van der Waals surface area contributed by atoms with Crippen LogP contribution in [0.2, 0.25) is 0 Å². The summed E-state index contributed by atoms with van der Waals surface area (Å²) in [4.78, 5) is 11.4. The predicted molar refractivity (Wildman–Crippen MR) is 153 cm³/mol. The number of allylic oxidation sites excluding steroid dienone is 2. The van der Waals surface area contributed by atoms with Crippen molar-refractivity contribution < 1.29 is 37.3 Å². The summed E-state index contributed by atoms with van der Waals surface area (Å²) >= 11 is 0. The van der Waals surface area contributed by atoms with Crippen molar-refractivity contribution in [2.75, 3.05) is 6.61 Å². The van der Waals surface area contributed by atoms with Gasteiger partial charge in [-0.2, -0.15) is 8.42 Å². The Morgan fingerprint density at radius 2 is 1.59 bits per heavy atom. The average molecular weight is 574 g/mol. The van der Waals surface area contributed by atoms with E-state index in [1.165, 1.54) is 6.07 Å². The lowest BCUT2D eigenvalue weighted by Gasteiger charge is -2.36. The number of aliphatic carboxylic acids is 1. The Morgan fingerprint density at radius 3 is 2.10 bits per heavy atom. The van der Waals surface area contributed by atoms with Crippen molar-refractivity contribution in [3.8, 4) is 11.8 Å². The van der Waals surface area contributed by atoms with Crippen LogP contribution in [0.4, 0.5) is 0 Å². The second-order valence-electron chi connectivity index (χ2n) is 14.4. The smallest absolute Gasteiger partial charge is 0.397 e. The average Bonchev–Trinajstić information content (AvgIpc) is 2.93. The zero-order chi connectivity index (χ0) is 30.4. The fourth-order valence-corrected chi connectivity index (χ4v) is 6.53. The largest absolute Gasteiger partial charge is 0.494 e. The molecule has 1 rings (SSSR count). The standard InChI is InChI=1S/C29H51NO8S/c1-26(2,3)19-27(4,5)13-11-10-12-21(17-28(6,7)20-29(8,9)18-24(32)33)22-16-23(31)30(25(22)34)14-15-38-39(35,36)37/h10,12,16,21,31,34H,11,13-15,17-20H2,1-9H3,(H,32,33)(H,35,36,37). The van der Waals surface area contributed by atoms with E-state index < -0.39 is 28.4 Å². The number of carboxylic acids is 1. The van der Waals surface area contributed by atoms with Gasteiger partial charge < -0.3 is 15.3 Å². The lowest BCUT2D eigenvalue weighted by Crippen LogP contribution is -2.27. The molecule has 9 nitrogen and oxygen atoms in total. The van der Waals surface area contributed by atoms with E-state index in [1.54, 1.807) is 0 Å². The van der Waals surface area contributed by atoms with Crippen LogP contribution in [-0.4, -0.2) is 45.4 Å². The summed E-state index contributed by atoms with van der Waals surface area (Å²) in [6, 6.07) is 1.46. The van der Waals surface area contributed by atoms with Gasteiger partial charge in [0.2, 0.25) is 0 Å². The van der Waals surface area contributed by atoms with Crippen LogP contribution in [0.1, 0.15) is 112 Å². The van der Waals surface area contributed by atoms with Crippen molar-refractivity contribution in [2.45, 2.75) is 113 Å². The van der Waals surface area contributed by atoms with Crippen LogP contribution < -0.4 is 0 Å². The third-order valence-corrected chi connectivity index (χ3v) is 7.21. The first kappa shape index (κ1) is 35.0. The molecule has 0 bridgehead atoms. The van der Waals surface area contributed by atoms with Crippen LogP contribution >= 0.6 is 0 Å². The summed E-state index contributed by atoms with van der Waals surface area (Å²) in [7, 11) is -4.65. The summed E-state index contributed by atoms with van der Waals surface area (Å²) in [5.74, 6) is -1.61. The second-order valence-corrected chi connectivity index (χ2v) is 15.5. The van der Waals surface area contributed by atoms with Crippen molar-refractivity contribution in [1.29, 1.82) is 0 Å². The van der Waals surface area contributed by atoms with E-state index in [2.05, 4.69) is 58.7 Å². The summed E-state index contributed by atoms with van der Waals surface area (Å²) in [5, 5.41) is 30.8. The molecule has 1 aromatic heterocycles. The Balaban J connectivity index is 3.25. The maximum atomic E-state index is 11.4. The first-order valence-electron chi connectivity index (χ1n) is 13.5. The van der Waals surface area contributed by atoms with Gasteiger partial charge in [-0.1, -0.05) is 74.5 Å². The highest BCUT2D eigenvalue weighted by Crippen LogP contribution is 2.45. The van der Waals surface area contributed by atoms with Gasteiger partial charge in [0.25, 0.3) is 0 Å². The molecule has 0 fully saturated rings. The van der Waals surface area contributed by atoms with E-state index in [0.717, 1.165) is 23.8 Å². The predicted octanol–water partition coefficient (Wildman–Crippen LogP) is 6.91. The van der Waals surface area contributed by atoms with Crippen LogP contribution in [0.3, 0.4) is 0 Å². The van der Waals surface area contributed by atoms with Gasteiger partial charge in [0.15, 0.2) is 11.8 Å². The molecule has 0 saturated carbocycles. The van der Waals surface area contributed by atoms with Crippen LogP contribution in [0.5, 0.6) is 11.8 Å². The maximum absolute atomic E-state index is 11.4. The summed E-state index contributed by atoms with van der Waals surface area (Å²) < 4.78 is 36.1. The molecule has 0 aliphatic carbocycles. The molecule has 1 heterocycles. The topological polar surface area (TPSA) is 146 Å². The molecular formula is C29H51NO8S. The van der Waals surface area contributed by atoms with E-state index in [1.807, 2.05) is 19.9 Å². The quantitative estimate of drug-likeness (QED) is 0.123. The third kappa shape index (κ3) is 13.7. The molecular weight excluding hydrogens is 522 g/mol. The fourth-order valence-electron chi connectivity index (χ4n) is 6.25. The Hall–Kier alpha value is -2.04. The number of hydrogen-bond donors (Lipinski definition) is 4. The second kappa shape index (κ2) is 13.1. The molecule has 1 unspecified atom stereocenters. The van der Waals surface area contributed by atoms with Crippen molar-refractivity contribution in [1.82, 2.24) is 4.57 Å². The van der Waals surface area contributed by atoms with E-state index >= 15 is 0 Å². The molecule has 10 heteroatoms. The Kier molecular flexibility index (Phi) is 11.7. The number of aromatic nitrogens is 1. The zero-order valence-electron chi connectivity index (χ0n) is 25.2. The van der Waals surface area contributed by atoms with Gasteiger partial charge in [0, 0.05) is 17.5 Å². The lowest BCUT2D eigenvalue weighted by molar-refractivity contribution is -0.139. The summed E-state index contributed by atoms with van der Waals surface area (Å²) in [5.41, 5.74) is 0.0957. The minimum atomic E-state index is -4.65. The monoisotopic (exact) mass is 573 g/mol. The van der Waals surface area contributed by atoms with E-state index in [0.29, 0.717) is 18.4 Å². The Morgan fingerprint density at radius 1 is 1.00 bits per heavy atom. The fraction of sp³-hybridized carbons (Fsp3) is 0.759. The number of hydrogen-bond acceptors (Lipinski definition) is 6. The molecule has 39 heavy (non-hydrogen) atoms. The van der Waals surface area contributed by atoms with Crippen molar-refractivity contribution in [3.63, 3.8) is 0 Å². The van der Waals surface area contributed by atoms with Gasteiger partial charge in [-0.15, -0.1) is 0 Å². The van der Waals surface area contributed by atoms with Gasteiger partial charge in [-0.25, -0.2) is 4.18 Å². The highest BCUT2D eigenvalue weighted by Gasteiger charge is 2.34. The number of aromatic hydroxyl groups is 2. The zero-order valence-corrected chi connectivity index (χ0v) is 26.1. The van der Waals surface area contributed by atoms with E-state index in [-0.39, 0.29) is 46.9 Å². The number of carboxylic acid groups (broad SMARTS) is 1. The van der Waals surface area contributed by atoms with Crippen molar-refractivity contribution >= 4 is 16.4 Å². The Labute approximate surface area is 235 Å². The molecule has 0 spiro atoms. The van der Waals surface area contributed by atoms with Gasteiger partial charge in [-0.3, -0.25) is 13.9 Å². The molecule has 0 aliphatic heterocycles. The minimum Gasteiger partial charge on any atom is -0.494 e. The first-order valence-corrected chi connectivity index (χ1v) is 14.9. The number of nitrogens with zero attached hydrogens (tertiary/aromatic N) is 1. The van der Waals surface area contributed by atoms with Crippen molar-refractivity contribution in [2.24, 2.45) is 21.7 Å². The molecule has 0 saturated heterocycles. The van der Waals surface area contributed by atoms with Crippen LogP contribution in [-0.2, 0) is 25.9 Å². The van der Waals surface area contributed by atoms with E-state index in [9.17, 15) is 28.5 Å². The van der Waals surface area contributed by atoms with Crippen LogP contribution in [0.15, 0.2) is 18.2 Å². The Bertz CT molecular complexity index is 1090. The van der Waals surface area contributed by atoms with Crippen LogP contribution in [0, 0.1) is 21.7 Å². The van der Waals surface area contributed by atoms with Gasteiger partial charge in [-0.05, 0) is 53.8 Å². The molecule has 0 radical (unpaired) electrons. The van der Waals surface area contributed by atoms with E-state index in [4.69, 9.17) is 4.55 Å². The lowest BCUT2D eigenvalue weighted by atomic mass is 9.69. The summed E-state index contributed by atoms with van der Waals surface area (Å²) in [6.07, 6.45) is 8.27. The first-order chi connectivity index (χ1) is 17.4. The van der Waals surface area contributed by atoms with Crippen molar-refractivity contribution in [3.05, 3.63) is 23.8 Å².